The fourth-order valence-electron chi connectivity index (χ4n) is 1.77. The smallest absolute Gasteiger partial charge is 0.219 e. The minimum absolute atomic E-state index is 0.0385. The maximum absolute atomic E-state index is 11.8. The molecule has 0 saturated heterocycles. The van der Waals surface area contributed by atoms with Gasteiger partial charge in [-0.3, -0.25) is 9.59 Å². The van der Waals surface area contributed by atoms with Crippen LogP contribution in [0.1, 0.15) is 13.8 Å². The maximum atomic E-state index is 11.8. The van der Waals surface area contributed by atoms with Gasteiger partial charge in [-0.25, -0.2) is 0 Å². The molecule has 0 spiro atoms. The maximum Gasteiger partial charge on any atom is 0.219 e. The van der Waals surface area contributed by atoms with Crippen LogP contribution in [0.15, 0.2) is 70.5 Å². The van der Waals surface area contributed by atoms with Crippen LogP contribution in [0.25, 0.3) is 10.8 Å². The predicted molar refractivity (Wildman–Crippen MR) is 95.3 cm³/mol. The van der Waals surface area contributed by atoms with Gasteiger partial charge in [-0.05, 0) is 77.5 Å². The van der Waals surface area contributed by atoms with E-state index in [9.17, 15) is 9.59 Å². The van der Waals surface area contributed by atoms with Gasteiger partial charge in [0.2, 0.25) is 10.2 Å². The van der Waals surface area contributed by atoms with E-state index in [-0.39, 0.29) is 10.2 Å². The molecule has 2 aromatic rings. The summed E-state index contributed by atoms with van der Waals surface area (Å²) in [6.07, 6.45) is 0. The molecule has 0 aliphatic rings. The van der Waals surface area contributed by atoms with Crippen LogP contribution < -0.4 is 0 Å². The molecule has 0 bridgehead atoms. The molecule has 0 radical (unpaired) electrons. The summed E-state index contributed by atoms with van der Waals surface area (Å²) in [7, 11) is 0. The molecule has 0 fully saturated rings. The summed E-state index contributed by atoms with van der Waals surface area (Å²) in [6, 6.07) is 11.6. The lowest BCUT2D eigenvalue weighted by atomic mass is 10.1. The molecule has 4 heteroatoms. The zero-order chi connectivity index (χ0) is 16.3. The van der Waals surface area contributed by atoms with Crippen molar-refractivity contribution in [1.82, 2.24) is 0 Å². The summed E-state index contributed by atoms with van der Waals surface area (Å²) < 4.78 is 0. The molecule has 0 unspecified atom stereocenters. The number of fused-ring (bicyclic) bond motifs is 1. The summed E-state index contributed by atoms with van der Waals surface area (Å²) in [5.41, 5.74) is 1.06. The molecule has 2 aromatic carbocycles. The lowest BCUT2D eigenvalue weighted by molar-refractivity contribution is -0.108. The molecular formula is C18H16O2S2. The fourth-order valence-corrected chi connectivity index (χ4v) is 3.29. The monoisotopic (exact) mass is 328 g/mol. The number of carbonyl (C=O) groups excluding carboxylic acids is 2. The topological polar surface area (TPSA) is 34.1 Å². The van der Waals surface area contributed by atoms with Gasteiger partial charge in [-0.2, -0.15) is 0 Å². The zero-order valence-electron chi connectivity index (χ0n) is 12.5. The third kappa shape index (κ3) is 3.90. The Morgan fingerprint density at radius 1 is 0.909 bits per heavy atom. The molecule has 0 atom stereocenters. The molecule has 0 N–H and O–H groups in total. The van der Waals surface area contributed by atoms with Crippen LogP contribution in [0, 0.1) is 0 Å². The van der Waals surface area contributed by atoms with E-state index in [1.807, 2.05) is 36.4 Å². The summed E-state index contributed by atoms with van der Waals surface area (Å²) in [5, 5.41) is 1.92. The van der Waals surface area contributed by atoms with E-state index in [0.29, 0.717) is 11.1 Å². The zero-order valence-corrected chi connectivity index (χ0v) is 14.1. The van der Waals surface area contributed by atoms with Gasteiger partial charge in [0.25, 0.3) is 0 Å². The Morgan fingerprint density at radius 3 is 2.18 bits per heavy atom. The highest BCUT2D eigenvalue weighted by atomic mass is 32.2. The lowest BCUT2D eigenvalue weighted by Crippen LogP contribution is -1.92. The van der Waals surface area contributed by atoms with Gasteiger partial charge in [0, 0.05) is 9.79 Å². The number of carbonyl (C=O) groups is 2. The second-order valence-electron chi connectivity index (χ2n) is 4.98. The highest BCUT2D eigenvalue weighted by Crippen LogP contribution is 2.32. The standard InChI is InChI=1S/C18H16O2S2/c1-11(2)17(19)21-14-8-9-15-13(10-14)6-5-7-16(15)22-18(20)12(3)4/h5-10H,1,3H2,2,4H3. The van der Waals surface area contributed by atoms with Crippen LogP contribution in [0.3, 0.4) is 0 Å². The van der Waals surface area contributed by atoms with Gasteiger partial charge in [0.1, 0.15) is 0 Å². The third-order valence-corrected chi connectivity index (χ3v) is 5.06. The van der Waals surface area contributed by atoms with Crippen molar-refractivity contribution in [2.75, 3.05) is 0 Å². The van der Waals surface area contributed by atoms with Crippen LogP contribution >= 0.6 is 23.5 Å². The first-order valence-electron chi connectivity index (χ1n) is 6.66. The number of thioether (sulfide) groups is 2. The first kappa shape index (κ1) is 16.6. The predicted octanol–water partition coefficient (Wildman–Crippen LogP) is 5.23. The molecule has 0 amide bonds. The highest BCUT2D eigenvalue weighted by molar-refractivity contribution is 8.14. The second kappa shape index (κ2) is 6.99. The van der Waals surface area contributed by atoms with E-state index < -0.39 is 0 Å². The van der Waals surface area contributed by atoms with Crippen molar-refractivity contribution in [2.24, 2.45) is 0 Å². The van der Waals surface area contributed by atoms with Gasteiger partial charge in [-0.1, -0.05) is 31.4 Å². The molecule has 2 rings (SSSR count). The third-order valence-electron chi connectivity index (χ3n) is 2.92. The molecule has 2 nitrogen and oxygen atoms in total. The Kier molecular flexibility index (Phi) is 5.27. The van der Waals surface area contributed by atoms with Gasteiger partial charge >= 0.3 is 0 Å². The minimum Gasteiger partial charge on any atom is -0.282 e. The van der Waals surface area contributed by atoms with Gasteiger partial charge in [0.15, 0.2) is 0 Å². The molecule has 0 saturated carbocycles. The van der Waals surface area contributed by atoms with E-state index in [1.165, 1.54) is 11.8 Å². The van der Waals surface area contributed by atoms with Crippen LogP contribution in [0.5, 0.6) is 0 Å². The number of hydrogen-bond donors (Lipinski definition) is 0. The molecular weight excluding hydrogens is 312 g/mol. The quantitative estimate of drug-likeness (QED) is 0.568. The lowest BCUT2D eigenvalue weighted by Gasteiger charge is -2.07. The van der Waals surface area contributed by atoms with Crippen LogP contribution in [-0.4, -0.2) is 10.2 Å². The molecule has 0 heterocycles. The van der Waals surface area contributed by atoms with Crippen molar-refractivity contribution in [2.45, 2.75) is 23.6 Å². The van der Waals surface area contributed by atoms with Crippen molar-refractivity contribution in [3.8, 4) is 0 Å². The average Bonchev–Trinajstić information content (AvgIpc) is 2.47. The summed E-state index contributed by atoms with van der Waals surface area (Å²) in [5.74, 6) is 0. The van der Waals surface area contributed by atoms with Gasteiger partial charge in [0.05, 0.1) is 0 Å². The molecule has 22 heavy (non-hydrogen) atoms. The minimum atomic E-state index is -0.0395. The average molecular weight is 328 g/mol. The Hall–Kier alpha value is -1.78. The van der Waals surface area contributed by atoms with Gasteiger partial charge in [-0.15, -0.1) is 0 Å². The second-order valence-corrected chi connectivity index (χ2v) is 7.04. The molecule has 0 aliphatic carbocycles. The first-order chi connectivity index (χ1) is 10.4. The van der Waals surface area contributed by atoms with Gasteiger partial charge < -0.3 is 0 Å². The van der Waals surface area contributed by atoms with E-state index >= 15 is 0 Å². The molecule has 112 valence electrons. The van der Waals surface area contributed by atoms with Crippen molar-refractivity contribution >= 4 is 44.5 Å². The normalized spacial score (nSPS) is 10.5. The SMILES string of the molecule is C=C(C)C(=O)Sc1ccc2c(SC(=O)C(=C)C)cccc2c1. The Balaban J connectivity index is 2.35. The summed E-state index contributed by atoms with van der Waals surface area (Å²) in [4.78, 5) is 25.4. The summed E-state index contributed by atoms with van der Waals surface area (Å²) in [6.45, 7) is 10.7. The first-order valence-corrected chi connectivity index (χ1v) is 8.30. The number of hydrogen-bond acceptors (Lipinski definition) is 4. The van der Waals surface area contributed by atoms with Crippen LogP contribution in [0.4, 0.5) is 0 Å². The Morgan fingerprint density at radius 2 is 1.55 bits per heavy atom. The Bertz CT molecular complexity index is 791. The fraction of sp³-hybridized carbons (Fsp3) is 0.111. The summed E-state index contributed by atoms with van der Waals surface area (Å²) >= 11 is 2.34. The van der Waals surface area contributed by atoms with E-state index in [1.54, 1.807) is 13.8 Å². The van der Waals surface area contributed by atoms with Crippen LogP contribution in [0.2, 0.25) is 0 Å². The number of rotatable bonds is 4. The largest absolute Gasteiger partial charge is 0.282 e. The van der Waals surface area contributed by atoms with Crippen molar-refractivity contribution in [3.63, 3.8) is 0 Å². The van der Waals surface area contributed by atoms with Crippen molar-refractivity contribution in [1.29, 1.82) is 0 Å². The highest BCUT2D eigenvalue weighted by Gasteiger charge is 2.10. The van der Waals surface area contributed by atoms with E-state index in [2.05, 4.69) is 13.2 Å². The van der Waals surface area contributed by atoms with Crippen LogP contribution in [-0.2, 0) is 9.59 Å². The van der Waals surface area contributed by atoms with E-state index in [0.717, 1.165) is 32.3 Å². The van der Waals surface area contributed by atoms with Crippen molar-refractivity contribution < 1.29 is 9.59 Å². The molecule has 0 aliphatic heterocycles. The van der Waals surface area contributed by atoms with Crippen molar-refractivity contribution in [3.05, 3.63) is 60.7 Å². The Labute approximate surface area is 138 Å². The van der Waals surface area contributed by atoms with E-state index in [4.69, 9.17) is 0 Å². The number of benzene rings is 2. The molecule has 0 aromatic heterocycles.